The molecule has 0 saturated carbocycles. The first-order chi connectivity index (χ1) is 14.5. The zero-order valence-electron chi connectivity index (χ0n) is 16.3. The Morgan fingerprint density at radius 2 is 1.67 bits per heavy atom. The number of benzene rings is 2. The predicted octanol–water partition coefficient (Wildman–Crippen LogP) is 1.78. The lowest BCUT2D eigenvalue weighted by Crippen LogP contribution is -2.49. The second-order valence-electron chi connectivity index (χ2n) is 7.28. The molecular weight excluding hydrogens is 389 g/mol. The van der Waals surface area contributed by atoms with Gasteiger partial charge in [0.2, 0.25) is 5.91 Å². The maximum absolute atomic E-state index is 13.0. The molecule has 1 aliphatic heterocycles. The number of hydrogen-bond donors (Lipinski definition) is 3. The molecule has 0 spiro atoms. The number of halogens is 1. The zero-order chi connectivity index (χ0) is 21.1. The van der Waals surface area contributed by atoms with Crippen molar-refractivity contribution in [3.05, 3.63) is 64.3 Å². The summed E-state index contributed by atoms with van der Waals surface area (Å²) in [6.45, 7) is 3.08. The number of imidazole rings is 1. The number of nitrogens with zero attached hydrogens (tertiary/aromatic N) is 2. The molecule has 1 fully saturated rings. The maximum Gasteiger partial charge on any atom is 0.323 e. The highest BCUT2D eigenvalue weighted by Gasteiger charge is 2.22. The normalized spacial score (nSPS) is 14.8. The Kier molecular flexibility index (Phi) is 5.62. The molecule has 1 aromatic heterocycles. The SMILES string of the molecule is O=C(CCN1CCN(C(=O)c2ccc(F)cc2)CC1)Nc1ccc2[nH]c(=O)[nH]c2c1. The van der Waals surface area contributed by atoms with Crippen LogP contribution in [0.2, 0.25) is 0 Å². The van der Waals surface area contributed by atoms with Crippen LogP contribution in [-0.4, -0.2) is 64.3 Å². The predicted molar refractivity (Wildman–Crippen MR) is 111 cm³/mol. The molecule has 4 rings (SSSR count). The zero-order valence-corrected chi connectivity index (χ0v) is 16.3. The Bertz CT molecular complexity index is 1110. The number of carbonyl (C=O) groups is 2. The molecule has 30 heavy (non-hydrogen) atoms. The van der Waals surface area contributed by atoms with E-state index in [0.29, 0.717) is 61.4 Å². The standard InChI is InChI=1S/C21H22FN5O3/c22-15-3-1-14(2-4-15)20(29)27-11-9-26(10-12-27)8-7-19(28)23-16-5-6-17-18(13-16)25-21(30)24-17/h1-6,13H,7-12H2,(H,23,28)(H2,24,25,30). The number of amides is 2. The van der Waals surface area contributed by atoms with Crippen LogP contribution in [0.25, 0.3) is 11.0 Å². The van der Waals surface area contributed by atoms with Gasteiger partial charge >= 0.3 is 5.69 Å². The summed E-state index contributed by atoms with van der Waals surface area (Å²) in [5.41, 5.74) is 2.14. The van der Waals surface area contributed by atoms with Crippen molar-refractivity contribution in [2.24, 2.45) is 0 Å². The minimum Gasteiger partial charge on any atom is -0.336 e. The molecule has 8 nitrogen and oxygen atoms in total. The quantitative estimate of drug-likeness (QED) is 0.596. The molecule has 1 saturated heterocycles. The van der Waals surface area contributed by atoms with Crippen molar-refractivity contribution in [3.8, 4) is 0 Å². The third-order valence-electron chi connectivity index (χ3n) is 5.21. The summed E-state index contributed by atoms with van der Waals surface area (Å²) >= 11 is 0. The third kappa shape index (κ3) is 4.57. The Morgan fingerprint density at radius 1 is 0.967 bits per heavy atom. The maximum atomic E-state index is 13.0. The van der Waals surface area contributed by atoms with E-state index < -0.39 is 0 Å². The summed E-state index contributed by atoms with van der Waals surface area (Å²) < 4.78 is 13.0. The number of H-pyrrole nitrogens is 2. The fourth-order valence-corrected chi connectivity index (χ4v) is 3.54. The van der Waals surface area contributed by atoms with Gasteiger partial charge in [-0.1, -0.05) is 0 Å². The Labute approximate surface area is 171 Å². The molecule has 156 valence electrons. The summed E-state index contributed by atoms with van der Waals surface area (Å²) in [6, 6.07) is 10.7. The van der Waals surface area contributed by atoms with Gasteiger partial charge in [0.15, 0.2) is 0 Å². The summed E-state index contributed by atoms with van der Waals surface area (Å²) in [4.78, 5) is 45.3. The Balaban J connectivity index is 1.23. The van der Waals surface area contributed by atoms with Gasteiger partial charge in [-0.2, -0.15) is 0 Å². The largest absolute Gasteiger partial charge is 0.336 e. The van der Waals surface area contributed by atoms with Crippen molar-refractivity contribution in [2.75, 3.05) is 38.0 Å². The van der Waals surface area contributed by atoms with Crippen LogP contribution in [0.15, 0.2) is 47.3 Å². The number of piperazine rings is 1. The molecule has 1 aliphatic rings. The average Bonchev–Trinajstić information content (AvgIpc) is 3.12. The molecular formula is C21H22FN5O3. The Morgan fingerprint density at radius 3 is 2.40 bits per heavy atom. The molecule has 2 heterocycles. The van der Waals surface area contributed by atoms with E-state index in [1.165, 1.54) is 24.3 Å². The van der Waals surface area contributed by atoms with Crippen LogP contribution in [0.5, 0.6) is 0 Å². The molecule has 0 aliphatic carbocycles. The average molecular weight is 411 g/mol. The van der Waals surface area contributed by atoms with E-state index in [0.717, 1.165) is 0 Å². The number of aromatic amines is 2. The molecule has 0 atom stereocenters. The highest BCUT2D eigenvalue weighted by molar-refractivity contribution is 5.94. The van der Waals surface area contributed by atoms with Crippen LogP contribution in [0.4, 0.5) is 10.1 Å². The fraction of sp³-hybridized carbons (Fsp3) is 0.286. The van der Waals surface area contributed by atoms with Crippen molar-refractivity contribution in [3.63, 3.8) is 0 Å². The number of nitrogens with one attached hydrogen (secondary N) is 3. The van der Waals surface area contributed by atoms with Crippen LogP contribution in [0.1, 0.15) is 16.8 Å². The van der Waals surface area contributed by atoms with Crippen LogP contribution >= 0.6 is 0 Å². The first kappa shape index (κ1) is 19.8. The fourth-order valence-electron chi connectivity index (χ4n) is 3.54. The number of rotatable bonds is 5. The van der Waals surface area contributed by atoms with E-state index in [1.54, 1.807) is 23.1 Å². The number of fused-ring (bicyclic) bond motifs is 1. The molecule has 0 radical (unpaired) electrons. The summed E-state index contributed by atoms with van der Waals surface area (Å²) in [5.74, 6) is -0.585. The molecule has 2 amide bonds. The van der Waals surface area contributed by atoms with Crippen LogP contribution in [-0.2, 0) is 4.79 Å². The number of carbonyl (C=O) groups excluding carboxylic acids is 2. The number of aromatic nitrogens is 2. The lowest BCUT2D eigenvalue weighted by molar-refractivity contribution is -0.116. The minimum atomic E-state index is -0.365. The van der Waals surface area contributed by atoms with Crippen molar-refractivity contribution < 1.29 is 14.0 Å². The molecule has 0 bridgehead atoms. The van der Waals surface area contributed by atoms with E-state index >= 15 is 0 Å². The smallest absolute Gasteiger partial charge is 0.323 e. The van der Waals surface area contributed by atoms with Crippen LogP contribution in [0.3, 0.4) is 0 Å². The second kappa shape index (κ2) is 8.50. The lowest BCUT2D eigenvalue weighted by Gasteiger charge is -2.34. The number of anilines is 1. The first-order valence-electron chi connectivity index (χ1n) is 9.77. The van der Waals surface area contributed by atoms with Crippen molar-refractivity contribution in [1.82, 2.24) is 19.8 Å². The van der Waals surface area contributed by atoms with Gasteiger partial charge in [0.25, 0.3) is 5.91 Å². The lowest BCUT2D eigenvalue weighted by atomic mass is 10.1. The highest BCUT2D eigenvalue weighted by Crippen LogP contribution is 2.15. The van der Waals surface area contributed by atoms with Gasteiger partial charge in [0, 0.05) is 50.4 Å². The Hall–Kier alpha value is -3.46. The minimum absolute atomic E-state index is 0.106. The van der Waals surface area contributed by atoms with Gasteiger partial charge in [-0.15, -0.1) is 0 Å². The van der Waals surface area contributed by atoms with Crippen molar-refractivity contribution in [1.29, 1.82) is 0 Å². The molecule has 3 aromatic rings. The molecule has 9 heteroatoms. The van der Waals surface area contributed by atoms with Gasteiger partial charge in [-0.3, -0.25) is 14.5 Å². The van der Waals surface area contributed by atoms with Crippen LogP contribution in [0, 0.1) is 5.82 Å². The van der Waals surface area contributed by atoms with Crippen molar-refractivity contribution >= 4 is 28.5 Å². The van der Waals surface area contributed by atoms with E-state index in [2.05, 4.69) is 20.2 Å². The summed E-state index contributed by atoms with van der Waals surface area (Å²) in [7, 11) is 0. The van der Waals surface area contributed by atoms with E-state index in [1.807, 2.05) is 0 Å². The second-order valence-corrected chi connectivity index (χ2v) is 7.28. The van der Waals surface area contributed by atoms with Gasteiger partial charge in [-0.05, 0) is 42.5 Å². The van der Waals surface area contributed by atoms with E-state index in [4.69, 9.17) is 0 Å². The van der Waals surface area contributed by atoms with E-state index in [-0.39, 0.29) is 23.3 Å². The molecule has 2 aromatic carbocycles. The van der Waals surface area contributed by atoms with Gasteiger partial charge in [0.05, 0.1) is 11.0 Å². The van der Waals surface area contributed by atoms with Gasteiger partial charge in [-0.25, -0.2) is 9.18 Å². The number of hydrogen-bond acceptors (Lipinski definition) is 4. The van der Waals surface area contributed by atoms with Crippen molar-refractivity contribution in [2.45, 2.75) is 6.42 Å². The monoisotopic (exact) mass is 411 g/mol. The van der Waals surface area contributed by atoms with Crippen LogP contribution < -0.4 is 11.0 Å². The first-order valence-corrected chi connectivity index (χ1v) is 9.77. The molecule has 3 N–H and O–H groups in total. The summed E-state index contributed by atoms with van der Waals surface area (Å²) in [6.07, 6.45) is 0.327. The van der Waals surface area contributed by atoms with E-state index in [9.17, 15) is 18.8 Å². The molecule has 0 unspecified atom stereocenters. The van der Waals surface area contributed by atoms with Gasteiger partial charge < -0.3 is 20.2 Å². The summed E-state index contributed by atoms with van der Waals surface area (Å²) in [5, 5.41) is 2.84. The highest BCUT2D eigenvalue weighted by atomic mass is 19.1. The third-order valence-corrected chi connectivity index (χ3v) is 5.21. The topological polar surface area (TPSA) is 101 Å². The van der Waals surface area contributed by atoms with Gasteiger partial charge in [0.1, 0.15) is 5.82 Å².